The van der Waals surface area contributed by atoms with Crippen LogP contribution in [0.2, 0.25) is 0 Å². The van der Waals surface area contributed by atoms with Crippen molar-refractivity contribution in [2.24, 2.45) is 0 Å². The summed E-state index contributed by atoms with van der Waals surface area (Å²) in [7, 11) is 0. The molecule has 2 aromatic carbocycles. The van der Waals surface area contributed by atoms with Gasteiger partial charge in [0, 0.05) is 22.3 Å². The van der Waals surface area contributed by atoms with Crippen LogP contribution < -0.4 is 21.9 Å². The van der Waals surface area contributed by atoms with Gasteiger partial charge in [0.1, 0.15) is 0 Å². The molecule has 0 spiro atoms. The molecule has 0 radical (unpaired) electrons. The molecule has 12 heteroatoms. The van der Waals surface area contributed by atoms with Crippen LogP contribution in [0.3, 0.4) is 0 Å². The lowest BCUT2D eigenvalue weighted by atomic mass is 9.95. The molecule has 0 fully saturated rings. The average molecular weight is 390 g/mol. The lowest BCUT2D eigenvalue weighted by Crippen LogP contribution is -2.23. The van der Waals surface area contributed by atoms with E-state index in [1.807, 2.05) is 0 Å². The SMILES string of the molecule is O=C(NO)c1cc(C(=O)NO)cc(-c2cc(C(=O)NO)cc(C(=O)NO)c2)c1. The molecule has 0 bridgehead atoms. The Balaban J connectivity index is 2.74. The van der Waals surface area contributed by atoms with Crippen LogP contribution in [0.25, 0.3) is 11.1 Å². The van der Waals surface area contributed by atoms with Gasteiger partial charge in [0.25, 0.3) is 23.6 Å². The normalized spacial score (nSPS) is 10.0. The van der Waals surface area contributed by atoms with Gasteiger partial charge in [-0.3, -0.25) is 40.0 Å². The standard InChI is InChI=1S/C16H14N4O8/c21-13(17-25)9-1-7(2-10(5-9)14(22)18-26)8-3-11(15(23)19-27)6-12(4-8)16(24)20-28/h1-6,25-28H,(H,17,21)(H,18,22)(H,19,23)(H,20,24). The zero-order valence-corrected chi connectivity index (χ0v) is 13.9. The first-order chi connectivity index (χ1) is 13.3. The molecular weight excluding hydrogens is 376 g/mol. The summed E-state index contributed by atoms with van der Waals surface area (Å²) < 4.78 is 0. The van der Waals surface area contributed by atoms with Crippen molar-refractivity contribution in [3.63, 3.8) is 0 Å². The first kappa shape index (κ1) is 20.5. The van der Waals surface area contributed by atoms with E-state index in [1.165, 1.54) is 46.2 Å². The fourth-order valence-corrected chi connectivity index (χ4v) is 2.37. The van der Waals surface area contributed by atoms with Gasteiger partial charge >= 0.3 is 0 Å². The summed E-state index contributed by atoms with van der Waals surface area (Å²) in [5, 5.41) is 35.3. The molecule has 0 aromatic heterocycles. The first-order valence-corrected chi connectivity index (χ1v) is 7.43. The molecule has 28 heavy (non-hydrogen) atoms. The van der Waals surface area contributed by atoms with Gasteiger partial charge in [-0.2, -0.15) is 0 Å². The number of hydrogen-bond acceptors (Lipinski definition) is 8. The monoisotopic (exact) mass is 390 g/mol. The number of amides is 4. The van der Waals surface area contributed by atoms with Crippen LogP contribution in [0.15, 0.2) is 36.4 Å². The Hall–Kier alpha value is -3.84. The lowest BCUT2D eigenvalue weighted by molar-refractivity contribution is 0.0693. The number of hydrogen-bond donors (Lipinski definition) is 8. The van der Waals surface area contributed by atoms with Crippen molar-refractivity contribution in [1.29, 1.82) is 0 Å². The number of carbonyl (C=O) groups excluding carboxylic acids is 4. The first-order valence-electron chi connectivity index (χ1n) is 7.43. The van der Waals surface area contributed by atoms with Crippen LogP contribution in [0.1, 0.15) is 41.4 Å². The molecule has 2 aromatic rings. The predicted molar refractivity (Wildman–Crippen MR) is 88.9 cm³/mol. The van der Waals surface area contributed by atoms with Crippen molar-refractivity contribution in [3.8, 4) is 11.1 Å². The number of hydroxylamine groups is 4. The van der Waals surface area contributed by atoms with Gasteiger partial charge in [0.2, 0.25) is 0 Å². The van der Waals surface area contributed by atoms with Gasteiger partial charge in [-0.05, 0) is 47.5 Å². The second kappa shape index (κ2) is 8.70. The Bertz CT molecular complexity index is 814. The fraction of sp³-hybridized carbons (Fsp3) is 0. The van der Waals surface area contributed by atoms with Gasteiger partial charge in [-0.15, -0.1) is 0 Å². The minimum absolute atomic E-state index is 0.138. The third kappa shape index (κ3) is 4.28. The minimum atomic E-state index is -0.966. The summed E-state index contributed by atoms with van der Waals surface area (Å²) in [5.74, 6) is -3.87. The highest BCUT2D eigenvalue weighted by Gasteiger charge is 2.17. The topological polar surface area (TPSA) is 197 Å². The van der Waals surface area contributed by atoms with E-state index >= 15 is 0 Å². The van der Waals surface area contributed by atoms with E-state index in [1.54, 1.807) is 0 Å². The van der Waals surface area contributed by atoms with Crippen LogP contribution in [0.5, 0.6) is 0 Å². The van der Waals surface area contributed by atoms with Crippen LogP contribution in [0, 0.1) is 0 Å². The maximum atomic E-state index is 11.8. The van der Waals surface area contributed by atoms with Gasteiger partial charge in [-0.1, -0.05) is 0 Å². The molecule has 0 aliphatic carbocycles. The minimum Gasteiger partial charge on any atom is -0.288 e. The molecule has 0 aliphatic rings. The largest absolute Gasteiger partial charge is 0.288 e. The zero-order chi connectivity index (χ0) is 20.8. The molecule has 4 amide bonds. The third-order valence-electron chi connectivity index (χ3n) is 3.65. The van der Waals surface area contributed by atoms with E-state index in [-0.39, 0.29) is 33.4 Å². The van der Waals surface area contributed by atoms with E-state index < -0.39 is 23.6 Å². The summed E-state index contributed by atoms with van der Waals surface area (Å²) in [6.45, 7) is 0. The van der Waals surface area contributed by atoms with Crippen LogP contribution in [0.4, 0.5) is 0 Å². The van der Waals surface area contributed by atoms with Gasteiger partial charge in [-0.25, -0.2) is 21.9 Å². The number of benzene rings is 2. The highest BCUT2D eigenvalue weighted by Crippen LogP contribution is 2.26. The van der Waals surface area contributed by atoms with Crippen LogP contribution >= 0.6 is 0 Å². The molecule has 0 saturated carbocycles. The summed E-state index contributed by atoms with van der Waals surface area (Å²) in [5.41, 5.74) is 5.14. The lowest BCUT2D eigenvalue weighted by Gasteiger charge is -2.11. The summed E-state index contributed by atoms with van der Waals surface area (Å²) in [6, 6.07) is 7.08. The summed E-state index contributed by atoms with van der Waals surface area (Å²) in [4.78, 5) is 47.0. The van der Waals surface area contributed by atoms with E-state index in [4.69, 9.17) is 20.8 Å². The Kier molecular flexibility index (Phi) is 6.36. The molecule has 146 valence electrons. The van der Waals surface area contributed by atoms with Crippen molar-refractivity contribution in [3.05, 3.63) is 58.7 Å². The maximum absolute atomic E-state index is 11.8. The smallest absolute Gasteiger partial charge is 0.274 e. The zero-order valence-electron chi connectivity index (χ0n) is 13.9. The van der Waals surface area contributed by atoms with E-state index in [0.717, 1.165) is 12.1 Å². The molecule has 12 nitrogen and oxygen atoms in total. The summed E-state index contributed by atoms with van der Waals surface area (Å²) in [6.07, 6.45) is 0. The predicted octanol–water partition coefficient (Wildman–Crippen LogP) is -0.170. The van der Waals surface area contributed by atoms with Gasteiger partial charge < -0.3 is 0 Å². The molecule has 8 N–H and O–H groups in total. The van der Waals surface area contributed by atoms with Gasteiger partial charge in [0.15, 0.2) is 0 Å². The van der Waals surface area contributed by atoms with Crippen molar-refractivity contribution in [1.82, 2.24) is 21.9 Å². The molecule has 0 saturated heterocycles. The highest BCUT2D eigenvalue weighted by molar-refractivity contribution is 6.03. The second-order valence-electron chi connectivity index (χ2n) is 5.36. The molecule has 0 aliphatic heterocycles. The van der Waals surface area contributed by atoms with Crippen LogP contribution in [-0.2, 0) is 0 Å². The highest BCUT2D eigenvalue weighted by atomic mass is 16.5. The third-order valence-corrected chi connectivity index (χ3v) is 3.65. The fourth-order valence-electron chi connectivity index (χ4n) is 2.37. The Morgan fingerprint density at radius 1 is 0.464 bits per heavy atom. The Morgan fingerprint density at radius 2 is 0.679 bits per heavy atom. The van der Waals surface area contributed by atoms with Crippen molar-refractivity contribution >= 4 is 23.6 Å². The van der Waals surface area contributed by atoms with Gasteiger partial charge in [0.05, 0.1) is 0 Å². The van der Waals surface area contributed by atoms with Crippen molar-refractivity contribution in [2.45, 2.75) is 0 Å². The van der Waals surface area contributed by atoms with E-state index in [0.29, 0.717) is 0 Å². The molecule has 0 atom stereocenters. The quantitative estimate of drug-likeness (QED) is 0.254. The molecule has 0 heterocycles. The molecule has 0 unspecified atom stereocenters. The number of carbonyl (C=O) groups is 4. The second-order valence-corrected chi connectivity index (χ2v) is 5.36. The van der Waals surface area contributed by atoms with E-state index in [2.05, 4.69) is 0 Å². The average Bonchev–Trinajstić information content (AvgIpc) is 2.75. The summed E-state index contributed by atoms with van der Waals surface area (Å²) >= 11 is 0. The molecule has 2 rings (SSSR count). The van der Waals surface area contributed by atoms with Crippen molar-refractivity contribution in [2.75, 3.05) is 0 Å². The Labute approximate surface area is 156 Å². The Morgan fingerprint density at radius 3 is 0.857 bits per heavy atom. The maximum Gasteiger partial charge on any atom is 0.274 e. The van der Waals surface area contributed by atoms with Crippen molar-refractivity contribution < 1.29 is 40.0 Å². The number of rotatable bonds is 5. The number of nitrogens with one attached hydrogen (secondary N) is 4. The van der Waals surface area contributed by atoms with E-state index in [9.17, 15) is 19.2 Å². The molecular formula is C16H14N4O8. The van der Waals surface area contributed by atoms with Crippen LogP contribution in [-0.4, -0.2) is 44.5 Å².